The number of fused-ring (bicyclic) bond motifs is 1. The predicted octanol–water partition coefficient (Wildman–Crippen LogP) is 2.75. The summed E-state index contributed by atoms with van der Waals surface area (Å²) in [5.41, 5.74) is 1.09. The van der Waals surface area contributed by atoms with Crippen LogP contribution in [0, 0.1) is 0 Å². The number of likely N-dealkylation sites (N-methyl/N-ethyl adjacent to an activating group) is 1. The Kier molecular flexibility index (Phi) is 3.99. The maximum absolute atomic E-state index is 12.7. The Morgan fingerprint density at radius 2 is 1.84 bits per heavy atom. The van der Waals surface area contributed by atoms with Crippen LogP contribution in [0.15, 0.2) is 47.4 Å². The summed E-state index contributed by atoms with van der Waals surface area (Å²) in [6.45, 7) is 3.59. The van der Waals surface area contributed by atoms with Crippen LogP contribution in [0.4, 0.5) is 11.4 Å². The number of rotatable bonds is 4. The van der Waals surface area contributed by atoms with Gasteiger partial charge in [0, 0.05) is 18.8 Å². The number of nitrogens with zero attached hydrogens (tertiary/aromatic N) is 1. The highest BCUT2D eigenvalue weighted by Crippen LogP contribution is 2.41. The van der Waals surface area contributed by atoms with Crippen LogP contribution in [-0.2, 0) is 20.2 Å². The molecule has 1 N–H and O–H groups in total. The third-order valence-corrected chi connectivity index (χ3v) is 5.85. The molecular weight excluding hydrogens is 340 g/mol. The van der Waals surface area contributed by atoms with Gasteiger partial charge in [0.2, 0.25) is 5.91 Å². The third-order valence-electron chi connectivity index (χ3n) is 4.47. The average molecular weight is 360 g/mol. The molecule has 0 spiro atoms. The van der Waals surface area contributed by atoms with Crippen LogP contribution in [-0.4, -0.2) is 28.5 Å². The summed E-state index contributed by atoms with van der Waals surface area (Å²) in [5.74, 6) is 0.500. The molecule has 1 amide bonds. The molecule has 1 heterocycles. The summed E-state index contributed by atoms with van der Waals surface area (Å²) in [4.78, 5) is 14.0. The van der Waals surface area contributed by atoms with Gasteiger partial charge in [0.05, 0.1) is 23.1 Å². The Hall–Kier alpha value is -2.54. The number of carbonyl (C=O) groups excluding carboxylic acids is 1. The number of benzene rings is 2. The van der Waals surface area contributed by atoms with E-state index in [0.717, 1.165) is 5.69 Å². The Labute approximate surface area is 147 Å². The molecule has 7 heteroatoms. The molecule has 25 heavy (non-hydrogen) atoms. The average Bonchev–Trinajstić information content (AvgIpc) is 2.75. The maximum Gasteiger partial charge on any atom is 0.261 e. The normalized spacial score (nSPS) is 15.8. The third kappa shape index (κ3) is 2.84. The largest absolute Gasteiger partial charge is 0.497 e. The molecule has 0 aromatic heterocycles. The van der Waals surface area contributed by atoms with E-state index in [-0.39, 0.29) is 10.8 Å². The lowest BCUT2D eigenvalue weighted by Gasteiger charge is -2.17. The first kappa shape index (κ1) is 17.3. The molecule has 0 saturated carbocycles. The minimum Gasteiger partial charge on any atom is -0.497 e. The van der Waals surface area contributed by atoms with Gasteiger partial charge >= 0.3 is 0 Å². The van der Waals surface area contributed by atoms with E-state index in [1.807, 2.05) is 0 Å². The second kappa shape index (κ2) is 5.77. The van der Waals surface area contributed by atoms with Gasteiger partial charge in [-0.15, -0.1) is 0 Å². The number of sulfonamides is 1. The molecule has 0 unspecified atom stereocenters. The quantitative estimate of drug-likeness (QED) is 0.910. The molecule has 0 radical (unpaired) electrons. The Balaban J connectivity index is 1.99. The first-order chi connectivity index (χ1) is 11.7. The van der Waals surface area contributed by atoms with Crippen molar-refractivity contribution in [1.82, 2.24) is 0 Å². The van der Waals surface area contributed by atoms with Gasteiger partial charge in [-0.2, -0.15) is 0 Å². The molecule has 0 atom stereocenters. The molecule has 1 aliphatic rings. The van der Waals surface area contributed by atoms with E-state index in [4.69, 9.17) is 4.74 Å². The number of anilines is 2. The van der Waals surface area contributed by atoms with Crippen molar-refractivity contribution in [3.63, 3.8) is 0 Å². The van der Waals surface area contributed by atoms with Crippen LogP contribution in [0.1, 0.15) is 19.4 Å². The zero-order chi connectivity index (χ0) is 18.4. The Bertz CT molecular complexity index is 951. The van der Waals surface area contributed by atoms with Crippen molar-refractivity contribution in [2.24, 2.45) is 0 Å². The van der Waals surface area contributed by atoms with Gasteiger partial charge in [-0.25, -0.2) is 8.42 Å². The number of hydrogen-bond acceptors (Lipinski definition) is 4. The molecule has 0 bridgehead atoms. The molecule has 2 aromatic rings. The highest BCUT2D eigenvalue weighted by Gasteiger charge is 2.42. The highest BCUT2D eigenvalue weighted by molar-refractivity contribution is 7.92. The van der Waals surface area contributed by atoms with E-state index in [2.05, 4.69) is 4.72 Å². The number of carbonyl (C=O) groups is 1. The summed E-state index contributed by atoms with van der Waals surface area (Å²) in [6.07, 6.45) is 0. The first-order valence-corrected chi connectivity index (χ1v) is 9.25. The van der Waals surface area contributed by atoms with Gasteiger partial charge < -0.3 is 9.64 Å². The van der Waals surface area contributed by atoms with Crippen molar-refractivity contribution in [2.45, 2.75) is 24.2 Å². The predicted molar refractivity (Wildman–Crippen MR) is 96.7 cm³/mol. The molecule has 6 nitrogen and oxygen atoms in total. The zero-order valence-corrected chi connectivity index (χ0v) is 15.3. The zero-order valence-electron chi connectivity index (χ0n) is 14.5. The first-order valence-electron chi connectivity index (χ1n) is 7.76. The van der Waals surface area contributed by atoms with Gasteiger partial charge in [-0.3, -0.25) is 9.52 Å². The monoisotopic (exact) mass is 360 g/mol. The van der Waals surface area contributed by atoms with E-state index < -0.39 is 15.4 Å². The molecule has 0 saturated heterocycles. The smallest absolute Gasteiger partial charge is 0.261 e. The maximum atomic E-state index is 12.7. The number of ether oxygens (including phenoxy) is 1. The fourth-order valence-electron chi connectivity index (χ4n) is 3.02. The molecule has 1 aliphatic heterocycles. The van der Waals surface area contributed by atoms with Crippen LogP contribution in [0.2, 0.25) is 0 Å². The topological polar surface area (TPSA) is 75.7 Å². The van der Waals surface area contributed by atoms with Gasteiger partial charge in [0.1, 0.15) is 5.75 Å². The van der Waals surface area contributed by atoms with Crippen LogP contribution in [0.3, 0.4) is 0 Å². The number of nitrogens with one attached hydrogen (secondary N) is 1. The van der Waals surface area contributed by atoms with E-state index in [0.29, 0.717) is 17.0 Å². The van der Waals surface area contributed by atoms with Crippen molar-refractivity contribution in [1.29, 1.82) is 0 Å². The van der Waals surface area contributed by atoms with Crippen molar-refractivity contribution in [3.8, 4) is 5.75 Å². The number of hydrogen-bond donors (Lipinski definition) is 1. The second-order valence-corrected chi connectivity index (χ2v) is 8.19. The van der Waals surface area contributed by atoms with Crippen molar-refractivity contribution in [3.05, 3.63) is 48.0 Å². The van der Waals surface area contributed by atoms with Crippen LogP contribution in [0.5, 0.6) is 5.75 Å². The molecule has 3 rings (SSSR count). The minimum absolute atomic E-state index is 0.0576. The van der Waals surface area contributed by atoms with E-state index >= 15 is 0 Å². The summed E-state index contributed by atoms with van der Waals surface area (Å²) >= 11 is 0. The molecule has 0 fully saturated rings. The number of methoxy groups -OCH3 is 1. The SMILES string of the molecule is COc1cccc(NS(=O)(=O)c2ccc3c(c2)C(C)(C)C(=O)N3C)c1. The van der Waals surface area contributed by atoms with E-state index in [1.54, 1.807) is 62.2 Å². The summed E-state index contributed by atoms with van der Waals surface area (Å²) in [7, 11) is -0.570. The molecule has 2 aromatic carbocycles. The highest BCUT2D eigenvalue weighted by atomic mass is 32.2. The summed E-state index contributed by atoms with van der Waals surface area (Å²) < 4.78 is 33.1. The van der Waals surface area contributed by atoms with E-state index in [9.17, 15) is 13.2 Å². The van der Waals surface area contributed by atoms with Crippen LogP contribution >= 0.6 is 0 Å². The van der Waals surface area contributed by atoms with Crippen molar-refractivity contribution >= 4 is 27.3 Å². The second-order valence-electron chi connectivity index (χ2n) is 6.51. The van der Waals surface area contributed by atoms with Gasteiger partial charge in [-0.1, -0.05) is 6.07 Å². The molecular formula is C18H20N2O4S. The van der Waals surface area contributed by atoms with Gasteiger partial charge in [0.25, 0.3) is 10.0 Å². The minimum atomic E-state index is -3.78. The molecule has 132 valence electrons. The van der Waals surface area contributed by atoms with Gasteiger partial charge in [-0.05, 0) is 49.7 Å². The van der Waals surface area contributed by atoms with Gasteiger partial charge in [0.15, 0.2) is 0 Å². The van der Waals surface area contributed by atoms with Crippen LogP contribution in [0.25, 0.3) is 0 Å². The lowest BCUT2D eigenvalue weighted by atomic mass is 9.86. The van der Waals surface area contributed by atoms with E-state index in [1.165, 1.54) is 13.2 Å². The Morgan fingerprint density at radius 1 is 1.12 bits per heavy atom. The van der Waals surface area contributed by atoms with Crippen molar-refractivity contribution < 1.29 is 17.9 Å². The number of amides is 1. The molecule has 0 aliphatic carbocycles. The van der Waals surface area contributed by atoms with Crippen molar-refractivity contribution in [2.75, 3.05) is 23.8 Å². The fourth-order valence-corrected chi connectivity index (χ4v) is 4.10. The van der Waals surface area contributed by atoms with Crippen LogP contribution < -0.4 is 14.4 Å². The lowest BCUT2D eigenvalue weighted by Crippen LogP contribution is -2.33. The fraction of sp³-hybridized carbons (Fsp3) is 0.278. The Morgan fingerprint density at radius 3 is 2.52 bits per heavy atom. The lowest BCUT2D eigenvalue weighted by molar-refractivity contribution is -0.121. The standard InChI is InChI=1S/C18H20N2O4S/c1-18(2)15-11-14(8-9-16(15)20(3)17(18)21)25(22,23)19-12-6-5-7-13(10-12)24-4/h5-11,19H,1-4H3. The summed E-state index contributed by atoms with van der Waals surface area (Å²) in [5, 5.41) is 0. The summed E-state index contributed by atoms with van der Waals surface area (Å²) in [6, 6.07) is 11.4.